The number of nitrogens with one attached hydrogen (secondary N) is 1. The first kappa shape index (κ1) is 18.8. The van der Waals surface area contributed by atoms with Gasteiger partial charge in [-0.2, -0.15) is 0 Å². The first-order valence-corrected chi connectivity index (χ1v) is 7.76. The maximum absolute atomic E-state index is 6.37. The Morgan fingerprint density at radius 2 is 1.82 bits per heavy atom. The van der Waals surface area contributed by atoms with Crippen molar-refractivity contribution in [3.05, 3.63) is 53.1 Å². The number of benzene rings is 2. The minimum Gasteiger partial charge on any atom is -0.496 e. The van der Waals surface area contributed by atoms with E-state index in [1.165, 1.54) is 5.56 Å². The normalized spacial score (nSPS) is 10.1. The van der Waals surface area contributed by atoms with Gasteiger partial charge in [-0.1, -0.05) is 42.8 Å². The molecule has 0 heterocycles. The van der Waals surface area contributed by atoms with Crippen LogP contribution in [0.3, 0.4) is 0 Å². The average molecular weight is 340 g/mol. The number of ether oxygens (including phenoxy) is 1. The lowest BCUT2D eigenvalue weighted by molar-refractivity contribution is 0.416. The van der Waals surface area contributed by atoms with Gasteiger partial charge in [0, 0.05) is 16.1 Å². The van der Waals surface area contributed by atoms with E-state index >= 15 is 0 Å². The van der Waals surface area contributed by atoms with Crippen molar-refractivity contribution in [3.8, 4) is 16.9 Å². The Morgan fingerprint density at radius 3 is 2.55 bits per heavy atom. The van der Waals surface area contributed by atoms with E-state index in [0.29, 0.717) is 0 Å². The molecule has 0 saturated carbocycles. The molecule has 2 nitrogen and oxygen atoms in total. The van der Waals surface area contributed by atoms with Gasteiger partial charge in [-0.15, -0.1) is 12.4 Å². The summed E-state index contributed by atoms with van der Waals surface area (Å²) < 4.78 is 5.44. The maximum atomic E-state index is 6.37. The topological polar surface area (TPSA) is 21.3 Å². The number of para-hydroxylation sites is 1. The van der Waals surface area contributed by atoms with Crippen LogP contribution in [0.15, 0.2) is 42.5 Å². The van der Waals surface area contributed by atoms with Crippen LogP contribution in [0.4, 0.5) is 0 Å². The molecule has 0 unspecified atom stereocenters. The molecule has 0 aliphatic rings. The lowest BCUT2D eigenvalue weighted by atomic mass is 10.0. The molecule has 0 aliphatic carbocycles. The predicted octanol–water partition coefficient (Wildman–Crippen LogP) is 4.98. The highest BCUT2D eigenvalue weighted by Gasteiger charge is 2.09. The van der Waals surface area contributed by atoms with Crippen molar-refractivity contribution in [2.75, 3.05) is 20.2 Å². The summed E-state index contributed by atoms with van der Waals surface area (Å²) in [4.78, 5) is 0. The van der Waals surface area contributed by atoms with Crippen molar-refractivity contribution >= 4 is 24.0 Å². The molecule has 0 radical (unpaired) electrons. The van der Waals surface area contributed by atoms with Crippen molar-refractivity contribution in [1.29, 1.82) is 0 Å². The van der Waals surface area contributed by atoms with Gasteiger partial charge in [0.25, 0.3) is 0 Å². The first-order valence-electron chi connectivity index (χ1n) is 7.38. The second-order valence-electron chi connectivity index (χ2n) is 5.01. The lowest BCUT2D eigenvalue weighted by Gasteiger charge is -2.12. The van der Waals surface area contributed by atoms with Gasteiger partial charge >= 0.3 is 0 Å². The van der Waals surface area contributed by atoms with Gasteiger partial charge in [0.05, 0.1) is 7.11 Å². The maximum Gasteiger partial charge on any atom is 0.126 e. The summed E-state index contributed by atoms with van der Waals surface area (Å²) >= 11 is 6.37. The molecule has 2 rings (SSSR count). The molecule has 1 N–H and O–H groups in total. The summed E-state index contributed by atoms with van der Waals surface area (Å²) in [7, 11) is 1.69. The average Bonchev–Trinajstić information content (AvgIpc) is 2.53. The first-order chi connectivity index (χ1) is 10.3. The predicted molar refractivity (Wildman–Crippen MR) is 97.6 cm³/mol. The fourth-order valence-corrected chi connectivity index (χ4v) is 2.56. The molecule has 0 aromatic heterocycles. The summed E-state index contributed by atoms with van der Waals surface area (Å²) in [6.45, 7) is 4.23. The molecule has 0 amide bonds. The van der Waals surface area contributed by atoms with Crippen LogP contribution in [0.1, 0.15) is 18.9 Å². The summed E-state index contributed by atoms with van der Waals surface area (Å²) in [5.74, 6) is 0.848. The van der Waals surface area contributed by atoms with Crippen LogP contribution < -0.4 is 10.1 Å². The summed E-state index contributed by atoms with van der Waals surface area (Å²) in [6, 6.07) is 14.2. The van der Waals surface area contributed by atoms with Crippen molar-refractivity contribution in [1.82, 2.24) is 5.32 Å². The van der Waals surface area contributed by atoms with Gasteiger partial charge < -0.3 is 10.1 Å². The lowest BCUT2D eigenvalue weighted by Crippen LogP contribution is -2.17. The van der Waals surface area contributed by atoms with Crippen LogP contribution >= 0.6 is 24.0 Å². The molecule has 2 aromatic rings. The second kappa shape index (κ2) is 9.73. The highest BCUT2D eigenvalue weighted by molar-refractivity contribution is 6.33. The molecule has 0 bridgehead atoms. The zero-order valence-electron chi connectivity index (χ0n) is 13.1. The molecule has 22 heavy (non-hydrogen) atoms. The van der Waals surface area contributed by atoms with Crippen LogP contribution in [0.25, 0.3) is 11.1 Å². The van der Waals surface area contributed by atoms with Crippen molar-refractivity contribution < 1.29 is 4.74 Å². The largest absolute Gasteiger partial charge is 0.496 e. The van der Waals surface area contributed by atoms with Crippen molar-refractivity contribution in [2.45, 2.75) is 19.8 Å². The Bertz CT molecular complexity index is 587. The Morgan fingerprint density at radius 1 is 1.05 bits per heavy atom. The van der Waals surface area contributed by atoms with E-state index in [4.69, 9.17) is 16.3 Å². The van der Waals surface area contributed by atoms with Crippen LogP contribution in [0, 0.1) is 0 Å². The molecule has 0 aliphatic heterocycles. The molecule has 0 saturated heterocycles. The fraction of sp³-hybridized carbons (Fsp3) is 0.333. The van der Waals surface area contributed by atoms with Gasteiger partial charge in [0.2, 0.25) is 0 Å². The number of hydrogen-bond acceptors (Lipinski definition) is 2. The molecule has 2 aromatic carbocycles. The Hall–Kier alpha value is -1.22. The third-order valence-electron chi connectivity index (χ3n) is 3.45. The number of rotatable bonds is 7. The quantitative estimate of drug-likeness (QED) is 0.718. The molecule has 0 fully saturated rings. The van der Waals surface area contributed by atoms with Gasteiger partial charge in [0.15, 0.2) is 0 Å². The zero-order chi connectivity index (χ0) is 15.1. The van der Waals surface area contributed by atoms with E-state index in [-0.39, 0.29) is 12.4 Å². The molecule has 120 valence electrons. The van der Waals surface area contributed by atoms with Gasteiger partial charge in [-0.25, -0.2) is 0 Å². The Balaban J connectivity index is 0.00000242. The minimum absolute atomic E-state index is 0. The SMILES string of the molecule is CCCNCCc1ccc(Cl)c(-c2ccccc2OC)c1.Cl. The van der Waals surface area contributed by atoms with E-state index < -0.39 is 0 Å². The van der Waals surface area contributed by atoms with Crippen LogP contribution in [-0.4, -0.2) is 20.2 Å². The monoisotopic (exact) mass is 339 g/mol. The van der Waals surface area contributed by atoms with Crippen LogP contribution in [0.5, 0.6) is 5.75 Å². The third kappa shape index (κ3) is 4.91. The summed E-state index contributed by atoms with van der Waals surface area (Å²) in [6.07, 6.45) is 2.16. The fourth-order valence-electron chi connectivity index (χ4n) is 2.34. The van der Waals surface area contributed by atoms with E-state index in [9.17, 15) is 0 Å². The van der Waals surface area contributed by atoms with Gasteiger partial charge in [0.1, 0.15) is 5.75 Å². The smallest absolute Gasteiger partial charge is 0.126 e. The molecule has 0 atom stereocenters. The van der Waals surface area contributed by atoms with Crippen molar-refractivity contribution in [3.63, 3.8) is 0 Å². The van der Waals surface area contributed by atoms with E-state index in [1.54, 1.807) is 7.11 Å². The molecule has 4 heteroatoms. The summed E-state index contributed by atoms with van der Waals surface area (Å²) in [5, 5.41) is 4.18. The Labute approximate surface area is 144 Å². The number of halogens is 2. The van der Waals surface area contributed by atoms with Gasteiger partial charge in [-0.05, 0) is 49.7 Å². The highest BCUT2D eigenvalue weighted by atomic mass is 35.5. The minimum atomic E-state index is 0. The highest BCUT2D eigenvalue weighted by Crippen LogP contribution is 2.35. The van der Waals surface area contributed by atoms with E-state index in [0.717, 1.165) is 47.8 Å². The molecular weight excluding hydrogens is 317 g/mol. The summed E-state index contributed by atoms with van der Waals surface area (Å²) in [5.41, 5.74) is 3.35. The number of hydrogen-bond donors (Lipinski definition) is 1. The van der Waals surface area contributed by atoms with E-state index in [2.05, 4.69) is 24.4 Å². The number of methoxy groups -OCH3 is 1. The molecule has 0 spiro atoms. The van der Waals surface area contributed by atoms with Crippen LogP contribution in [0.2, 0.25) is 5.02 Å². The Kier molecular flexibility index (Phi) is 8.32. The van der Waals surface area contributed by atoms with Crippen LogP contribution in [-0.2, 0) is 6.42 Å². The van der Waals surface area contributed by atoms with Crippen molar-refractivity contribution in [2.24, 2.45) is 0 Å². The van der Waals surface area contributed by atoms with Gasteiger partial charge in [-0.3, -0.25) is 0 Å². The van der Waals surface area contributed by atoms with E-state index in [1.807, 2.05) is 30.3 Å². The standard InChI is InChI=1S/C18H22ClNO.ClH/c1-3-11-20-12-10-14-8-9-17(19)16(13-14)15-6-4-5-7-18(15)21-2;/h4-9,13,20H,3,10-12H2,1-2H3;1H. The second-order valence-corrected chi connectivity index (χ2v) is 5.42. The zero-order valence-corrected chi connectivity index (χ0v) is 14.6. The third-order valence-corrected chi connectivity index (χ3v) is 3.77. The molecular formula is C18H23Cl2NO.